The van der Waals surface area contributed by atoms with Crippen LogP contribution in [0.2, 0.25) is 0 Å². The minimum Gasteiger partial charge on any atom is -0.442 e. The monoisotopic (exact) mass is 240 g/mol. The number of aliphatic imine (C=N–C) groups is 1. The summed E-state index contributed by atoms with van der Waals surface area (Å²) in [5.74, 6) is 1.88. The number of nitrogens with zero attached hydrogens (tertiary/aromatic N) is 2. The Balaban J connectivity index is 2.10. The predicted octanol–water partition coefficient (Wildman–Crippen LogP) is 2.94. The van der Waals surface area contributed by atoms with Crippen LogP contribution in [-0.4, -0.2) is 17.6 Å². The van der Waals surface area contributed by atoms with Crippen molar-refractivity contribution in [3.63, 3.8) is 0 Å². The Labute approximate surface area is 105 Å². The first-order valence-electron chi connectivity index (χ1n) is 5.68. The fourth-order valence-electron chi connectivity index (χ4n) is 1.91. The summed E-state index contributed by atoms with van der Waals surface area (Å²) in [6.45, 7) is 6.10. The van der Waals surface area contributed by atoms with Gasteiger partial charge in [0.25, 0.3) is 0 Å². The number of ether oxygens (including phenoxy) is 1. The van der Waals surface area contributed by atoms with E-state index < -0.39 is 0 Å². The lowest BCUT2D eigenvalue weighted by Crippen LogP contribution is -2.02. The van der Waals surface area contributed by atoms with Gasteiger partial charge in [0, 0.05) is 5.56 Å². The molecule has 0 bridgehead atoms. The molecule has 0 atom stereocenters. The molecule has 0 amide bonds. The minimum absolute atomic E-state index is 0.494. The third-order valence-corrected chi connectivity index (χ3v) is 2.76. The van der Waals surface area contributed by atoms with Crippen molar-refractivity contribution in [2.45, 2.75) is 6.92 Å². The van der Waals surface area contributed by atoms with E-state index in [0.717, 1.165) is 16.8 Å². The largest absolute Gasteiger partial charge is 0.442 e. The van der Waals surface area contributed by atoms with Gasteiger partial charge in [-0.05, 0) is 6.92 Å². The summed E-state index contributed by atoms with van der Waals surface area (Å²) in [4.78, 5) is 4.30. The van der Waals surface area contributed by atoms with E-state index in [4.69, 9.17) is 9.26 Å². The molecular weight excluding hydrogens is 228 g/mol. The molecule has 18 heavy (non-hydrogen) atoms. The van der Waals surface area contributed by atoms with E-state index in [-0.39, 0.29) is 0 Å². The summed E-state index contributed by atoms with van der Waals surface area (Å²) < 4.78 is 10.8. The first-order valence-corrected chi connectivity index (χ1v) is 5.68. The SMILES string of the molecule is C=C1CN=C(c2c(-c3ccccc3)noc2C)O1. The van der Waals surface area contributed by atoms with E-state index in [2.05, 4.69) is 16.7 Å². The molecule has 0 N–H and O–H groups in total. The molecule has 0 fully saturated rings. The van der Waals surface area contributed by atoms with Crippen molar-refractivity contribution in [2.75, 3.05) is 6.54 Å². The molecule has 1 aliphatic heterocycles. The van der Waals surface area contributed by atoms with Gasteiger partial charge >= 0.3 is 0 Å². The molecule has 1 aromatic carbocycles. The molecular formula is C14H12N2O2. The summed E-state index contributed by atoms with van der Waals surface area (Å²) in [7, 11) is 0. The van der Waals surface area contributed by atoms with Crippen LogP contribution in [0, 0.1) is 6.92 Å². The Morgan fingerprint density at radius 2 is 2.00 bits per heavy atom. The van der Waals surface area contributed by atoms with Gasteiger partial charge in [-0.3, -0.25) is 0 Å². The zero-order chi connectivity index (χ0) is 12.5. The Morgan fingerprint density at radius 1 is 1.22 bits per heavy atom. The number of hydrogen-bond donors (Lipinski definition) is 0. The van der Waals surface area contributed by atoms with Gasteiger partial charge in [-0.2, -0.15) is 0 Å². The first kappa shape index (κ1) is 10.8. The van der Waals surface area contributed by atoms with Crippen LogP contribution in [-0.2, 0) is 4.74 Å². The lowest BCUT2D eigenvalue weighted by Gasteiger charge is -2.02. The van der Waals surface area contributed by atoms with Crippen molar-refractivity contribution in [2.24, 2.45) is 4.99 Å². The Morgan fingerprint density at radius 3 is 2.67 bits per heavy atom. The average molecular weight is 240 g/mol. The van der Waals surface area contributed by atoms with Crippen LogP contribution in [0.15, 0.2) is 52.2 Å². The number of aryl methyl sites for hydroxylation is 1. The lowest BCUT2D eigenvalue weighted by atomic mass is 10.1. The second-order valence-corrected chi connectivity index (χ2v) is 4.09. The van der Waals surface area contributed by atoms with Crippen molar-refractivity contribution in [3.8, 4) is 11.3 Å². The van der Waals surface area contributed by atoms with E-state index in [1.807, 2.05) is 37.3 Å². The van der Waals surface area contributed by atoms with E-state index in [1.165, 1.54) is 0 Å². The highest BCUT2D eigenvalue weighted by Gasteiger charge is 2.24. The van der Waals surface area contributed by atoms with E-state index in [9.17, 15) is 0 Å². The smallest absolute Gasteiger partial charge is 0.227 e. The molecule has 0 spiro atoms. The van der Waals surface area contributed by atoms with Crippen LogP contribution in [0.25, 0.3) is 11.3 Å². The molecule has 90 valence electrons. The van der Waals surface area contributed by atoms with Crippen LogP contribution in [0.4, 0.5) is 0 Å². The maximum atomic E-state index is 5.50. The van der Waals surface area contributed by atoms with E-state index in [0.29, 0.717) is 24.0 Å². The third kappa shape index (κ3) is 1.72. The van der Waals surface area contributed by atoms with Gasteiger partial charge in [0.1, 0.15) is 29.3 Å². The Kier molecular flexibility index (Phi) is 2.48. The van der Waals surface area contributed by atoms with E-state index in [1.54, 1.807) is 0 Å². The molecule has 0 unspecified atom stereocenters. The zero-order valence-electron chi connectivity index (χ0n) is 10.0. The fourth-order valence-corrected chi connectivity index (χ4v) is 1.91. The second kappa shape index (κ2) is 4.14. The van der Waals surface area contributed by atoms with Gasteiger partial charge in [-0.1, -0.05) is 42.1 Å². The highest BCUT2D eigenvalue weighted by Crippen LogP contribution is 2.28. The van der Waals surface area contributed by atoms with Gasteiger partial charge in [0.15, 0.2) is 0 Å². The van der Waals surface area contributed by atoms with Gasteiger partial charge in [-0.15, -0.1) is 0 Å². The molecule has 0 saturated carbocycles. The summed E-state index contributed by atoms with van der Waals surface area (Å²) in [5, 5.41) is 4.09. The lowest BCUT2D eigenvalue weighted by molar-refractivity contribution is 0.397. The van der Waals surface area contributed by atoms with Gasteiger partial charge in [0.05, 0.1) is 0 Å². The molecule has 1 aliphatic rings. The summed E-state index contributed by atoms with van der Waals surface area (Å²) in [6.07, 6.45) is 0. The number of rotatable bonds is 2. The van der Waals surface area contributed by atoms with E-state index >= 15 is 0 Å². The standard InChI is InChI=1S/C14H12N2O2/c1-9-8-15-14(17-9)12-10(2)18-16-13(12)11-6-4-3-5-7-11/h3-7H,1,8H2,2H3. The van der Waals surface area contributed by atoms with Crippen LogP contribution < -0.4 is 0 Å². The molecule has 3 rings (SSSR count). The third-order valence-electron chi connectivity index (χ3n) is 2.76. The van der Waals surface area contributed by atoms with Crippen LogP contribution in [0.3, 0.4) is 0 Å². The first-order chi connectivity index (χ1) is 8.75. The molecule has 0 saturated heterocycles. The summed E-state index contributed by atoms with van der Waals surface area (Å²) in [6, 6.07) is 9.83. The molecule has 4 nitrogen and oxygen atoms in total. The normalized spacial score (nSPS) is 14.5. The molecule has 4 heteroatoms. The van der Waals surface area contributed by atoms with Crippen molar-refractivity contribution >= 4 is 5.90 Å². The van der Waals surface area contributed by atoms with Crippen LogP contribution in [0.1, 0.15) is 11.3 Å². The van der Waals surface area contributed by atoms with Gasteiger partial charge < -0.3 is 9.26 Å². The highest BCUT2D eigenvalue weighted by atomic mass is 16.5. The fraction of sp³-hybridized carbons (Fsp3) is 0.143. The second-order valence-electron chi connectivity index (χ2n) is 4.09. The quantitative estimate of drug-likeness (QED) is 0.810. The van der Waals surface area contributed by atoms with Crippen LogP contribution >= 0.6 is 0 Å². The molecule has 1 aromatic heterocycles. The average Bonchev–Trinajstić information content (AvgIpc) is 2.96. The Bertz CT molecular complexity index is 626. The highest BCUT2D eigenvalue weighted by molar-refractivity contribution is 6.02. The molecule has 2 heterocycles. The molecule has 0 aliphatic carbocycles. The Hall–Kier alpha value is -2.36. The molecule has 2 aromatic rings. The maximum Gasteiger partial charge on any atom is 0.227 e. The number of hydrogen-bond acceptors (Lipinski definition) is 4. The van der Waals surface area contributed by atoms with Crippen LogP contribution in [0.5, 0.6) is 0 Å². The van der Waals surface area contributed by atoms with Crippen molar-refractivity contribution in [3.05, 3.63) is 54.0 Å². The molecule has 0 radical (unpaired) electrons. The minimum atomic E-state index is 0.494. The maximum absolute atomic E-state index is 5.50. The zero-order valence-corrected chi connectivity index (χ0v) is 10.0. The van der Waals surface area contributed by atoms with Gasteiger partial charge in [0.2, 0.25) is 5.90 Å². The predicted molar refractivity (Wildman–Crippen MR) is 68.3 cm³/mol. The van der Waals surface area contributed by atoms with Crippen molar-refractivity contribution < 1.29 is 9.26 Å². The topological polar surface area (TPSA) is 47.6 Å². The van der Waals surface area contributed by atoms with Crippen molar-refractivity contribution in [1.29, 1.82) is 0 Å². The van der Waals surface area contributed by atoms with Gasteiger partial charge in [-0.25, -0.2) is 4.99 Å². The summed E-state index contributed by atoms with van der Waals surface area (Å²) >= 11 is 0. The number of benzene rings is 1. The van der Waals surface area contributed by atoms with Crippen molar-refractivity contribution in [1.82, 2.24) is 5.16 Å². The summed E-state index contributed by atoms with van der Waals surface area (Å²) in [5.41, 5.74) is 2.54. The number of aromatic nitrogens is 1.